The molecule has 5 rings (SSSR count). The standard InChI is InChI=1S/C24H32N6O5S/c1-4-6-19-21-22(28(3)27-19)24(32)26-23(25-21)18-9-17(7-8-20(18)35-5-2)36(33,34)30-12-16(13-30)29-10-15(11-29)14-31/h7-9,15-16,31H,4-6,10-14H2,1-3H3,(H,25,26,32). The monoisotopic (exact) mass is 516 g/mol. The van der Waals surface area contributed by atoms with Crippen LogP contribution in [0.3, 0.4) is 0 Å². The van der Waals surface area contributed by atoms with E-state index in [9.17, 15) is 18.3 Å². The number of fused-ring (bicyclic) bond motifs is 1. The number of aromatic amines is 1. The lowest BCUT2D eigenvalue weighted by molar-refractivity contribution is -0.0203. The first-order chi connectivity index (χ1) is 17.3. The number of rotatable bonds is 9. The average molecular weight is 517 g/mol. The van der Waals surface area contributed by atoms with Crippen LogP contribution in [0.1, 0.15) is 26.0 Å². The van der Waals surface area contributed by atoms with Gasteiger partial charge in [-0.2, -0.15) is 9.40 Å². The molecule has 2 aliphatic rings. The van der Waals surface area contributed by atoms with Crippen LogP contribution >= 0.6 is 0 Å². The van der Waals surface area contributed by atoms with Crippen molar-refractivity contribution in [1.82, 2.24) is 29.0 Å². The molecule has 0 saturated carbocycles. The SMILES string of the molecule is CCCc1nn(C)c2c(=O)[nH]c(-c3cc(S(=O)(=O)N4CC(N5CC(CO)C5)C4)ccc3OCC)nc12. The number of nitrogens with one attached hydrogen (secondary N) is 1. The second-order valence-electron chi connectivity index (χ2n) is 9.50. The van der Waals surface area contributed by atoms with Crippen molar-refractivity contribution < 1.29 is 18.3 Å². The molecule has 2 aromatic heterocycles. The van der Waals surface area contributed by atoms with Gasteiger partial charge in [0.1, 0.15) is 17.1 Å². The summed E-state index contributed by atoms with van der Waals surface area (Å²) in [6.45, 7) is 6.85. The first kappa shape index (κ1) is 24.9. The van der Waals surface area contributed by atoms with E-state index in [0.29, 0.717) is 48.5 Å². The summed E-state index contributed by atoms with van der Waals surface area (Å²) >= 11 is 0. The fraction of sp³-hybridized carbons (Fsp3) is 0.542. The van der Waals surface area contributed by atoms with Crippen molar-refractivity contribution >= 4 is 21.1 Å². The van der Waals surface area contributed by atoms with Crippen LogP contribution in [-0.2, 0) is 23.5 Å². The van der Waals surface area contributed by atoms with E-state index in [1.165, 1.54) is 21.1 Å². The van der Waals surface area contributed by atoms with Gasteiger partial charge in [-0.05, 0) is 31.5 Å². The van der Waals surface area contributed by atoms with E-state index in [0.717, 1.165) is 25.2 Å². The smallest absolute Gasteiger partial charge is 0.277 e. The Morgan fingerprint density at radius 1 is 1.19 bits per heavy atom. The van der Waals surface area contributed by atoms with Crippen molar-refractivity contribution in [3.8, 4) is 17.1 Å². The lowest BCUT2D eigenvalue weighted by Gasteiger charge is -2.50. The number of likely N-dealkylation sites (tertiary alicyclic amines) is 1. The second kappa shape index (κ2) is 9.58. The van der Waals surface area contributed by atoms with Gasteiger partial charge in [0, 0.05) is 51.8 Å². The zero-order chi connectivity index (χ0) is 25.6. The van der Waals surface area contributed by atoms with Gasteiger partial charge in [-0.15, -0.1) is 0 Å². The predicted octanol–water partition coefficient (Wildman–Crippen LogP) is 0.972. The highest BCUT2D eigenvalue weighted by Crippen LogP contribution is 2.34. The van der Waals surface area contributed by atoms with Gasteiger partial charge >= 0.3 is 0 Å². The minimum absolute atomic E-state index is 0.124. The molecule has 2 aliphatic heterocycles. The van der Waals surface area contributed by atoms with Gasteiger partial charge in [0.15, 0.2) is 5.52 Å². The molecule has 12 heteroatoms. The van der Waals surface area contributed by atoms with Crippen LogP contribution in [0.25, 0.3) is 22.4 Å². The van der Waals surface area contributed by atoms with Gasteiger partial charge in [-0.1, -0.05) is 13.3 Å². The maximum Gasteiger partial charge on any atom is 0.277 e. The van der Waals surface area contributed by atoms with E-state index in [1.807, 2.05) is 13.8 Å². The maximum absolute atomic E-state index is 13.4. The number of aliphatic hydroxyl groups is 1. The molecule has 36 heavy (non-hydrogen) atoms. The van der Waals surface area contributed by atoms with Crippen molar-refractivity contribution in [1.29, 1.82) is 0 Å². The molecule has 0 aliphatic carbocycles. The Labute approximate surface area is 209 Å². The molecular formula is C24H32N6O5S. The summed E-state index contributed by atoms with van der Waals surface area (Å²) in [6.07, 6.45) is 1.52. The molecule has 0 spiro atoms. The predicted molar refractivity (Wildman–Crippen MR) is 134 cm³/mol. The molecule has 0 bridgehead atoms. The molecule has 2 N–H and O–H groups in total. The first-order valence-electron chi connectivity index (χ1n) is 12.3. The third kappa shape index (κ3) is 4.21. The highest BCUT2D eigenvalue weighted by atomic mass is 32.2. The fourth-order valence-corrected chi connectivity index (χ4v) is 6.47. The number of benzene rings is 1. The van der Waals surface area contributed by atoms with Crippen molar-refractivity contribution in [2.75, 3.05) is 39.4 Å². The summed E-state index contributed by atoms with van der Waals surface area (Å²) in [5.74, 6) is 0.974. The van der Waals surface area contributed by atoms with Crippen LogP contribution in [0, 0.1) is 5.92 Å². The molecule has 0 amide bonds. The Bertz CT molecular complexity index is 1440. The Morgan fingerprint density at radius 3 is 2.61 bits per heavy atom. The molecule has 194 valence electrons. The highest BCUT2D eigenvalue weighted by molar-refractivity contribution is 7.89. The van der Waals surface area contributed by atoms with Crippen LogP contribution in [-0.4, -0.2) is 87.9 Å². The summed E-state index contributed by atoms with van der Waals surface area (Å²) in [4.78, 5) is 22.8. The second-order valence-corrected chi connectivity index (χ2v) is 11.4. The quantitative estimate of drug-likeness (QED) is 0.430. The largest absolute Gasteiger partial charge is 0.493 e. The molecule has 0 unspecified atom stereocenters. The maximum atomic E-state index is 13.4. The molecule has 1 aromatic carbocycles. The molecule has 2 saturated heterocycles. The molecule has 0 radical (unpaired) electrons. The highest BCUT2D eigenvalue weighted by Gasteiger charge is 2.43. The van der Waals surface area contributed by atoms with Gasteiger partial charge in [0.2, 0.25) is 10.0 Å². The first-order valence-corrected chi connectivity index (χ1v) is 13.8. The van der Waals surface area contributed by atoms with Crippen molar-refractivity contribution in [3.05, 3.63) is 34.2 Å². The van der Waals surface area contributed by atoms with Gasteiger partial charge in [-0.3, -0.25) is 14.4 Å². The van der Waals surface area contributed by atoms with Crippen LogP contribution in [0.15, 0.2) is 27.9 Å². The Morgan fingerprint density at radius 2 is 1.94 bits per heavy atom. The van der Waals surface area contributed by atoms with Crippen LogP contribution in [0.5, 0.6) is 5.75 Å². The van der Waals surface area contributed by atoms with Gasteiger partial charge in [0.25, 0.3) is 5.56 Å². The number of aryl methyl sites for hydroxylation is 2. The molecule has 4 heterocycles. The summed E-state index contributed by atoms with van der Waals surface area (Å²) in [6, 6.07) is 4.85. The minimum atomic E-state index is -3.73. The molecule has 3 aromatic rings. The van der Waals surface area contributed by atoms with Gasteiger partial charge < -0.3 is 14.8 Å². The number of ether oxygens (including phenoxy) is 1. The van der Waals surface area contributed by atoms with Crippen molar-refractivity contribution in [2.45, 2.75) is 37.6 Å². The lowest BCUT2D eigenvalue weighted by atomic mass is 9.96. The van der Waals surface area contributed by atoms with E-state index in [2.05, 4.69) is 15.0 Å². The van der Waals surface area contributed by atoms with Crippen LogP contribution in [0.2, 0.25) is 0 Å². The Kier molecular flexibility index (Phi) is 6.62. The summed E-state index contributed by atoms with van der Waals surface area (Å²) in [5.41, 5.74) is 1.68. The average Bonchev–Trinajstić information content (AvgIpc) is 3.10. The Hall–Kier alpha value is -2.80. The minimum Gasteiger partial charge on any atom is -0.493 e. The molecule has 11 nitrogen and oxygen atoms in total. The summed E-state index contributed by atoms with van der Waals surface area (Å²) < 4.78 is 35.6. The van der Waals surface area contributed by atoms with Gasteiger partial charge in [0.05, 0.1) is 22.8 Å². The number of sulfonamides is 1. The zero-order valence-corrected chi connectivity index (χ0v) is 21.6. The van der Waals surface area contributed by atoms with E-state index < -0.39 is 10.0 Å². The zero-order valence-electron chi connectivity index (χ0n) is 20.8. The van der Waals surface area contributed by atoms with Crippen molar-refractivity contribution in [2.24, 2.45) is 13.0 Å². The van der Waals surface area contributed by atoms with Crippen molar-refractivity contribution in [3.63, 3.8) is 0 Å². The van der Waals surface area contributed by atoms with E-state index in [-0.39, 0.29) is 34.8 Å². The number of aliphatic hydroxyl groups excluding tert-OH is 1. The summed E-state index contributed by atoms with van der Waals surface area (Å²) in [7, 11) is -2.02. The third-order valence-electron chi connectivity index (χ3n) is 6.98. The van der Waals surface area contributed by atoms with Crippen LogP contribution < -0.4 is 10.3 Å². The third-order valence-corrected chi connectivity index (χ3v) is 8.81. The lowest BCUT2D eigenvalue weighted by Crippen LogP contribution is -2.66. The topological polar surface area (TPSA) is 134 Å². The number of hydrogen-bond donors (Lipinski definition) is 2. The van der Waals surface area contributed by atoms with E-state index >= 15 is 0 Å². The number of aromatic nitrogens is 4. The fourth-order valence-electron chi connectivity index (χ4n) is 4.93. The van der Waals surface area contributed by atoms with E-state index in [4.69, 9.17) is 9.72 Å². The number of nitrogens with zero attached hydrogens (tertiary/aromatic N) is 5. The molecule has 2 fully saturated rings. The van der Waals surface area contributed by atoms with E-state index in [1.54, 1.807) is 13.1 Å². The van der Waals surface area contributed by atoms with Crippen LogP contribution in [0.4, 0.5) is 0 Å². The number of H-pyrrole nitrogens is 1. The normalized spacial score (nSPS) is 17.9. The van der Waals surface area contributed by atoms with Gasteiger partial charge in [-0.25, -0.2) is 13.4 Å². The number of hydrogen-bond acceptors (Lipinski definition) is 8. The molecular weight excluding hydrogens is 484 g/mol. The summed E-state index contributed by atoms with van der Waals surface area (Å²) in [5, 5.41) is 13.7. The molecule has 0 atom stereocenters. The Balaban J connectivity index is 1.49.